The van der Waals surface area contributed by atoms with E-state index in [0.29, 0.717) is 22.7 Å². The first-order valence-electron chi connectivity index (χ1n) is 8.92. The second kappa shape index (κ2) is 7.86. The monoisotopic (exact) mass is 409 g/mol. The molecule has 1 atom stereocenters. The lowest BCUT2D eigenvalue weighted by molar-refractivity contribution is 0.274. The van der Waals surface area contributed by atoms with Gasteiger partial charge in [0.1, 0.15) is 4.21 Å². The molecule has 1 N–H and O–H groups in total. The first kappa shape index (κ1) is 18.8. The number of rotatable bonds is 4. The molecule has 2 heterocycles. The summed E-state index contributed by atoms with van der Waals surface area (Å²) in [7, 11) is -3.67. The zero-order chi connectivity index (χ0) is 19.6. The molecular formula is C21H19N3O2S2. The Balaban J connectivity index is 1.76. The van der Waals surface area contributed by atoms with Gasteiger partial charge in [0.25, 0.3) is 10.0 Å². The van der Waals surface area contributed by atoms with Crippen LogP contribution in [0.25, 0.3) is 0 Å². The molecule has 0 spiro atoms. The van der Waals surface area contributed by atoms with Crippen LogP contribution in [0.3, 0.4) is 0 Å². The average molecular weight is 410 g/mol. The maximum absolute atomic E-state index is 13.4. The van der Waals surface area contributed by atoms with Crippen molar-refractivity contribution in [3.8, 4) is 6.07 Å². The van der Waals surface area contributed by atoms with E-state index < -0.39 is 10.0 Å². The van der Waals surface area contributed by atoms with E-state index in [1.165, 1.54) is 15.6 Å². The Labute approximate surface area is 168 Å². The van der Waals surface area contributed by atoms with Crippen molar-refractivity contribution in [2.45, 2.75) is 29.9 Å². The molecule has 1 aliphatic heterocycles. The summed E-state index contributed by atoms with van der Waals surface area (Å²) >= 11 is 1.22. The number of nitrogens with one attached hydrogen (secondary N) is 1. The van der Waals surface area contributed by atoms with Gasteiger partial charge in [-0.05, 0) is 40.3 Å². The number of fused-ring (bicyclic) bond motifs is 1. The molecule has 0 saturated carbocycles. The van der Waals surface area contributed by atoms with Gasteiger partial charge in [0, 0.05) is 19.5 Å². The van der Waals surface area contributed by atoms with Gasteiger partial charge < -0.3 is 0 Å². The predicted molar refractivity (Wildman–Crippen MR) is 109 cm³/mol. The van der Waals surface area contributed by atoms with Gasteiger partial charge in [-0.15, -0.1) is 11.3 Å². The lowest BCUT2D eigenvalue weighted by atomic mass is 10.0. The molecule has 0 bridgehead atoms. The van der Waals surface area contributed by atoms with Crippen LogP contribution >= 0.6 is 11.3 Å². The van der Waals surface area contributed by atoms with Gasteiger partial charge in [0.05, 0.1) is 17.8 Å². The highest BCUT2D eigenvalue weighted by Gasteiger charge is 2.34. The molecule has 5 nitrogen and oxygen atoms in total. The van der Waals surface area contributed by atoms with Crippen LogP contribution in [0.2, 0.25) is 0 Å². The zero-order valence-corrected chi connectivity index (χ0v) is 16.7. The number of thiophene rings is 1. The van der Waals surface area contributed by atoms with Gasteiger partial charge in [-0.25, -0.2) is 8.42 Å². The Morgan fingerprint density at radius 3 is 2.64 bits per heavy atom. The fourth-order valence-electron chi connectivity index (χ4n) is 3.41. The van der Waals surface area contributed by atoms with E-state index in [2.05, 4.69) is 11.4 Å². The van der Waals surface area contributed by atoms with Gasteiger partial charge in [-0.3, -0.25) is 5.32 Å². The third-order valence-electron chi connectivity index (χ3n) is 4.87. The molecule has 142 valence electrons. The summed E-state index contributed by atoms with van der Waals surface area (Å²) in [5.74, 6) is 0. The molecule has 4 rings (SSSR count). The summed E-state index contributed by atoms with van der Waals surface area (Å²) in [6, 6.07) is 20.9. The molecule has 1 unspecified atom stereocenters. The number of nitrogens with zero attached hydrogens (tertiary/aromatic N) is 2. The Kier molecular flexibility index (Phi) is 5.29. The highest BCUT2D eigenvalue weighted by atomic mass is 32.2. The van der Waals surface area contributed by atoms with Crippen LogP contribution in [-0.4, -0.2) is 18.9 Å². The summed E-state index contributed by atoms with van der Waals surface area (Å²) in [6.07, 6.45) is 0.178. The summed E-state index contributed by atoms with van der Waals surface area (Å²) in [5.41, 5.74) is 3.48. The van der Waals surface area contributed by atoms with E-state index in [0.717, 1.165) is 16.7 Å². The molecule has 1 aromatic heterocycles. The first-order valence-corrected chi connectivity index (χ1v) is 11.2. The quantitative estimate of drug-likeness (QED) is 0.716. The molecule has 0 amide bonds. The number of benzene rings is 2. The summed E-state index contributed by atoms with van der Waals surface area (Å²) < 4.78 is 28.6. The summed E-state index contributed by atoms with van der Waals surface area (Å²) in [4.78, 5) is 0. The van der Waals surface area contributed by atoms with Crippen molar-refractivity contribution < 1.29 is 8.42 Å². The lowest BCUT2D eigenvalue weighted by Gasteiger charge is -2.29. The summed E-state index contributed by atoms with van der Waals surface area (Å²) in [6.45, 7) is 0.782. The van der Waals surface area contributed by atoms with Gasteiger partial charge in [-0.2, -0.15) is 9.57 Å². The van der Waals surface area contributed by atoms with Crippen molar-refractivity contribution in [2.24, 2.45) is 0 Å². The van der Waals surface area contributed by atoms with Crippen LogP contribution in [0.15, 0.2) is 70.3 Å². The minimum Gasteiger partial charge on any atom is -0.296 e. The maximum atomic E-state index is 13.4. The standard InChI is InChI=1S/C21H19N3O2S2/c22-13-17-8-9-18-14-23-20(12-16-5-2-1-3-6-16)24(15-19(18)11-17)28(25,26)21-7-4-10-27-21/h1-11,20,23H,12,14-15H2. The molecule has 0 saturated heterocycles. The fourth-order valence-corrected chi connectivity index (χ4v) is 6.08. The van der Waals surface area contributed by atoms with E-state index in [-0.39, 0.29) is 12.7 Å². The Hall–Kier alpha value is -2.50. The second-order valence-electron chi connectivity index (χ2n) is 6.66. The van der Waals surface area contributed by atoms with Crippen LogP contribution in [0, 0.1) is 11.3 Å². The van der Waals surface area contributed by atoms with Crippen LogP contribution in [-0.2, 0) is 29.5 Å². The Morgan fingerprint density at radius 2 is 1.93 bits per heavy atom. The third kappa shape index (κ3) is 3.73. The largest absolute Gasteiger partial charge is 0.296 e. The number of nitriles is 1. The van der Waals surface area contributed by atoms with E-state index in [1.54, 1.807) is 29.6 Å². The fraction of sp³-hybridized carbons (Fsp3) is 0.190. The molecule has 28 heavy (non-hydrogen) atoms. The van der Waals surface area contributed by atoms with Gasteiger partial charge in [-0.1, -0.05) is 42.5 Å². The van der Waals surface area contributed by atoms with Gasteiger partial charge >= 0.3 is 0 Å². The molecule has 7 heteroatoms. The minimum atomic E-state index is -3.67. The minimum absolute atomic E-state index is 0.232. The third-order valence-corrected chi connectivity index (χ3v) is 8.09. The maximum Gasteiger partial charge on any atom is 0.254 e. The topological polar surface area (TPSA) is 73.2 Å². The molecule has 2 aromatic carbocycles. The van der Waals surface area contributed by atoms with E-state index in [4.69, 9.17) is 0 Å². The molecule has 0 aliphatic carbocycles. The second-order valence-corrected chi connectivity index (χ2v) is 9.73. The highest BCUT2D eigenvalue weighted by Crippen LogP contribution is 2.28. The molecule has 3 aromatic rings. The van der Waals surface area contributed by atoms with Crippen molar-refractivity contribution in [3.63, 3.8) is 0 Å². The van der Waals surface area contributed by atoms with Crippen molar-refractivity contribution >= 4 is 21.4 Å². The zero-order valence-electron chi connectivity index (χ0n) is 15.1. The molecule has 0 radical (unpaired) electrons. The highest BCUT2D eigenvalue weighted by molar-refractivity contribution is 7.91. The van der Waals surface area contributed by atoms with Gasteiger partial charge in [0.2, 0.25) is 0 Å². The normalized spacial score (nSPS) is 17.5. The predicted octanol–water partition coefficient (Wildman–Crippen LogP) is 3.48. The van der Waals surface area contributed by atoms with Crippen LogP contribution in [0.1, 0.15) is 22.3 Å². The van der Waals surface area contributed by atoms with Crippen molar-refractivity contribution in [1.82, 2.24) is 9.62 Å². The molecular weight excluding hydrogens is 390 g/mol. The Bertz CT molecular complexity index is 1100. The van der Waals surface area contributed by atoms with Crippen molar-refractivity contribution in [2.75, 3.05) is 0 Å². The number of sulfonamides is 1. The van der Waals surface area contributed by atoms with E-state index in [1.807, 2.05) is 36.4 Å². The van der Waals surface area contributed by atoms with E-state index >= 15 is 0 Å². The lowest BCUT2D eigenvalue weighted by Crippen LogP contribution is -2.47. The van der Waals surface area contributed by atoms with E-state index in [9.17, 15) is 13.7 Å². The SMILES string of the molecule is N#Cc1ccc2c(c1)CN(S(=O)(=O)c1cccs1)C(Cc1ccccc1)NC2. The summed E-state index contributed by atoms with van der Waals surface area (Å²) in [5, 5.41) is 14.4. The average Bonchev–Trinajstić information content (AvgIpc) is 3.20. The van der Waals surface area contributed by atoms with Crippen molar-refractivity contribution in [1.29, 1.82) is 5.26 Å². The Morgan fingerprint density at radius 1 is 1.11 bits per heavy atom. The first-order chi connectivity index (χ1) is 13.6. The molecule has 1 aliphatic rings. The van der Waals surface area contributed by atoms with Crippen LogP contribution < -0.4 is 5.32 Å². The van der Waals surface area contributed by atoms with Crippen LogP contribution in [0.5, 0.6) is 0 Å². The van der Waals surface area contributed by atoms with Crippen molar-refractivity contribution in [3.05, 3.63) is 88.3 Å². The number of hydrogen-bond donors (Lipinski definition) is 1. The smallest absolute Gasteiger partial charge is 0.254 e. The van der Waals surface area contributed by atoms with Crippen LogP contribution in [0.4, 0.5) is 0 Å². The number of hydrogen-bond acceptors (Lipinski definition) is 5. The van der Waals surface area contributed by atoms with Gasteiger partial charge in [0.15, 0.2) is 0 Å². The molecule has 0 fully saturated rings.